The second-order valence-electron chi connectivity index (χ2n) is 7.60. The average molecular weight is 321 g/mol. The average Bonchev–Trinajstić information content (AvgIpc) is 2.55. The number of aliphatic hydroxyl groups is 1. The number of aromatic hydroxyl groups is 1. The van der Waals surface area contributed by atoms with Crippen molar-refractivity contribution in [3.05, 3.63) is 65.2 Å². The number of phenols is 1. The molecule has 0 aromatic heterocycles. The van der Waals surface area contributed by atoms with E-state index in [-0.39, 0.29) is 29.0 Å². The van der Waals surface area contributed by atoms with Crippen LogP contribution in [0.5, 0.6) is 5.75 Å². The third kappa shape index (κ3) is 1.45. The highest BCUT2D eigenvalue weighted by molar-refractivity contribution is 5.96. The molecule has 4 heteroatoms. The lowest BCUT2D eigenvalue weighted by molar-refractivity contribution is -0.336. The van der Waals surface area contributed by atoms with Crippen LogP contribution in [0.4, 0.5) is 0 Å². The van der Waals surface area contributed by atoms with E-state index in [1.807, 2.05) is 30.3 Å². The van der Waals surface area contributed by atoms with E-state index in [0.717, 1.165) is 12.0 Å². The molecule has 1 saturated heterocycles. The molecule has 2 fully saturated rings. The zero-order chi connectivity index (χ0) is 16.7. The van der Waals surface area contributed by atoms with Crippen molar-refractivity contribution in [1.29, 1.82) is 0 Å². The van der Waals surface area contributed by atoms with Gasteiger partial charge in [0.2, 0.25) is 0 Å². The van der Waals surface area contributed by atoms with E-state index in [9.17, 15) is 15.0 Å². The van der Waals surface area contributed by atoms with Crippen molar-refractivity contribution < 1.29 is 15.0 Å². The molecular formula is C20H19NO3. The summed E-state index contributed by atoms with van der Waals surface area (Å²) in [5, 5.41) is 20.9. The molecule has 2 aromatic rings. The van der Waals surface area contributed by atoms with Crippen molar-refractivity contribution in [2.75, 3.05) is 0 Å². The summed E-state index contributed by atoms with van der Waals surface area (Å²) in [6.07, 6.45) is 1.26. The van der Waals surface area contributed by atoms with Gasteiger partial charge in [0.05, 0.1) is 0 Å². The summed E-state index contributed by atoms with van der Waals surface area (Å²) in [5.74, 6) is 0.219. The van der Waals surface area contributed by atoms with Gasteiger partial charge in [-0.25, -0.2) is 0 Å². The maximum atomic E-state index is 12.9. The van der Waals surface area contributed by atoms with E-state index in [0.29, 0.717) is 12.0 Å². The standard InChI is InChI=1S/C20H19NO3/c1-19-11-20(24)17(19)16(9-13-7-8-14(22)10-15(13)19)21(20)18(23)12-5-3-2-4-6-12/h2-8,10,16-17,22,24H,9,11H2,1H3/t16-,17+,19+,20?/m1/s1. The summed E-state index contributed by atoms with van der Waals surface area (Å²) in [6.45, 7) is 2.14. The molecule has 1 heterocycles. The Hall–Kier alpha value is -2.33. The minimum absolute atomic E-state index is 0.0264. The van der Waals surface area contributed by atoms with Crippen LogP contribution < -0.4 is 0 Å². The fourth-order valence-electron chi connectivity index (χ4n) is 5.48. The Bertz CT molecular complexity index is 864. The summed E-state index contributed by atoms with van der Waals surface area (Å²) in [5.41, 5.74) is 1.70. The first-order valence-corrected chi connectivity index (χ1v) is 8.39. The fourth-order valence-corrected chi connectivity index (χ4v) is 5.48. The zero-order valence-corrected chi connectivity index (χ0v) is 13.4. The summed E-state index contributed by atoms with van der Waals surface area (Å²) >= 11 is 0. The van der Waals surface area contributed by atoms with Gasteiger partial charge in [-0.3, -0.25) is 4.79 Å². The summed E-state index contributed by atoms with van der Waals surface area (Å²) in [4.78, 5) is 14.6. The van der Waals surface area contributed by atoms with Gasteiger partial charge in [-0.05, 0) is 41.8 Å². The van der Waals surface area contributed by atoms with Gasteiger partial charge in [0.15, 0.2) is 0 Å². The lowest BCUT2D eigenvalue weighted by atomic mass is 9.41. The Balaban J connectivity index is 1.56. The molecule has 4 nitrogen and oxygen atoms in total. The van der Waals surface area contributed by atoms with Gasteiger partial charge in [-0.15, -0.1) is 0 Å². The fraction of sp³-hybridized carbons (Fsp3) is 0.350. The summed E-state index contributed by atoms with van der Waals surface area (Å²) in [7, 11) is 0. The van der Waals surface area contributed by atoms with E-state index in [2.05, 4.69) is 6.92 Å². The molecule has 2 aromatic carbocycles. The first-order valence-electron chi connectivity index (χ1n) is 8.39. The first-order chi connectivity index (χ1) is 11.4. The number of hydrogen-bond acceptors (Lipinski definition) is 3. The molecular weight excluding hydrogens is 302 g/mol. The molecule has 1 saturated carbocycles. The number of likely N-dealkylation sites (tertiary alicyclic amines) is 1. The van der Waals surface area contributed by atoms with Crippen molar-refractivity contribution in [1.82, 2.24) is 4.90 Å². The van der Waals surface area contributed by atoms with Crippen molar-refractivity contribution >= 4 is 5.91 Å². The molecule has 2 N–H and O–H groups in total. The molecule has 1 aliphatic heterocycles. The Morgan fingerprint density at radius 1 is 1.21 bits per heavy atom. The van der Waals surface area contributed by atoms with E-state index in [1.54, 1.807) is 23.1 Å². The van der Waals surface area contributed by atoms with Crippen LogP contribution >= 0.6 is 0 Å². The minimum Gasteiger partial charge on any atom is -0.508 e. The van der Waals surface area contributed by atoms with Crippen molar-refractivity contribution in [3.8, 4) is 5.75 Å². The maximum Gasteiger partial charge on any atom is 0.256 e. The minimum atomic E-state index is -1.05. The number of amides is 1. The van der Waals surface area contributed by atoms with Crippen molar-refractivity contribution in [2.24, 2.45) is 5.92 Å². The zero-order valence-electron chi connectivity index (χ0n) is 13.4. The topological polar surface area (TPSA) is 60.8 Å². The second kappa shape index (κ2) is 4.19. The van der Waals surface area contributed by atoms with Crippen LogP contribution in [0.25, 0.3) is 0 Å². The number of phenolic OH excluding ortho intramolecular Hbond substituents is 1. The monoisotopic (exact) mass is 321 g/mol. The smallest absolute Gasteiger partial charge is 0.256 e. The molecule has 24 heavy (non-hydrogen) atoms. The van der Waals surface area contributed by atoms with Crippen LogP contribution in [0.15, 0.2) is 48.5 Å². The Kier molecular flexibility index (Phi) is 2.46. The highest BCUT2D eigenvalue weighted by atomic mass is 16.3. The Morgan fingerprint density at radius 3 is 2.71 bits per heavy atom. The largest absolute Gasteiger partial charge is 0.508 e. The third-order valence-corrected chi connectivity index (χ3v) is 6.32. The Morgan fingerprint density at radius 2 is 1.96 bits per heavy atom. The van der Waals surface area contributed by atoms with Crippen LogP contribution in [0.1, 0.15) is 34.8 Å². The second-order valence-corrected chi connectivity index (χ2v) is 7.60. The van der Waals surface area contributed by atoms with Gasteiger partial charge >= 0.3 is 0 Å². The predicted octanol–water partition coefficient (Wildman–Crippen LogP) is 2.44. The van der Waals surface area contributed by atoms with Gasteiger partial charge in [-0.1, -0.05) is 31.2 Å². The molecule has 2 aliphatic carbocycles. The molecule has 5 rings (SSSR count). The van der Waals surface area contributed by atoms with Gasteiger partial charge in [0.25, 0.3) is 5.91 Å². The number of hydrogen-bond donors (Lipinski definition) is 2. The summed E-state index contributed by atoms with van der Waals surface area (Å²) < 4.78 is 0. The van der Waals surface area contributed by atoms with Crippen molar-refractivity contribution in [2.45, 2.75) is 36.9 Å². The highest BCUT2D eigenvalue weighted by Crippen LogP contribution is 2.69. The van der Waals surface area contributed by atoms with Crippen LogP contribution in [-0.2, 0) is 11.8 Å². The molecule has 0 bridgehead atoms. The number of benzene rings is 2. The van der Waals surface area contributed by atoms with Crippen molar-refractivity contribution in [3.63, 3.8) is 0 Å². The lowest BCUT2D eigenvalue weighted by Crippen LogP contribution is -2.88. The number of nitrogens with zero attached hydrogens (tertiary/aromatic N) is 1. The van der Waals surface area contributed by atoms with Crippen LogP contribution in [0.2, 0.25) is 0 Å². The molecule has 0 spiro atoms. The van der Waals surface area contributed by atoms with Gasteiger partial charge in [0.1, 0.15) is 11.5 Å². The molecule has 122 valence electrons. The summed E-state index contributed by atoms with van der Waals surface area (Å²) in [6, 6.07) is 14.7. The molecule has 0 radical (unpaired) electrons. The van der Waals surface area contributed by atoms with Crippen LogP contribution in [0, 0.1) is 5.92 Å². The van der Waals surface area contributed by atoms with E-state index in [4.69, 9.17) is 0 Å². The number of carbonyl (C=O) groups excluding carboxylic acids is 1. The van der Waals surface area contributed by atoms with E-state index >= 15 is 0 Å². The number of carbonyl (C=O) groups is 1. The number of piperidine rings is 1. The Labute approximate surface area is 140 Å². The molecule has 1 unspecified atom stereocenters. The maximum absolute atomic E-state index is 12.9. The quantitative estimate of drug-likeness (QED) is 0.848. The number of rotatable bonds is 1. The SMILES string of the molecule is C[C@@]12CC3(O)[C@H]1[C@@H](Cc1ccc(O)cc12)N3C(=O)c1ccccc1. The normalized spacial score (nSPS) is 35.3. The predicted molar refractivity (Wildman–Crippen MR) is 88.6 cm³/mol. The molecule has 1 amide bonds. The number of fused-ring (bicyclic) bond motifs is 2. The molecule has 3 aliphatic rings. The first kappa shape index (κ1) is 14.1. The van der Waals surface area contributed by atoms with E-state index in [1.165, 1.54) is 5.56 Å². The lowest BCUT2D eigenvalue weighted by Gasteiger charge is -2.77. The van der Waals surface area contributed by atoms with Gasteiger partial charge in [0, 0.05) is 29.4 Å². The van der Waals surface area contributed by atoms with Gasteiger partial charge in [-0.2, -0.15) is 0 Å². The van der Waals surface area contributed by atoms with Gasteiger partial charge < -0.3 is 15.1 Å². The van der Waals surface area contributed by atoms with E-state index < -0.39 is 5.72 Å². The highest BCUT2D eigenvalue weighted by Gasteiger charge is 2.77. The molecule has 4 atom stereocenters. The van der Waals surface area contributed by atoms with Crippen LogP contribution in [0.3, 0.4) is 0 Å². The van der Waals surface area contributed by atoms with Crippen LogP contribution in [-0.4, -0.2) is 32.8 Å². The third-order valence-electron chi connectivity index (χ3n) is 6.32.